The zero-order chi connectivity index (χ0) is 18.4. The number of carbonyl (C=O) groups excluding carboxylic acids is 1. The Hall–Kier alpha value is -2.55. The Labute approximate surface area is 147 Å². The first kappa shape index (κ1) is 18.8. The monoisotopic (exact) mass is 365 g/mol. The maximum absolute atomic E-state index is 12.0. The first-order valence-electron chi connectivity index (χ1n) is 7.85. The van der Waals surface area contributed by atoms with Crippen LogP contribution in [0.4, 0.5) is 16.2 Å². The summed E-state index contributed by atoms with van der Waals surface area (Å²) in [6.07, 6.45) is 5.57. The van der Waals surface area contributed by atoms with Gasteiger partial charge in [0.15, 0.2) is 0 Å². The molecule has 3 N–H and O–H groups in total. The summed E-state index contributed by atoms with van der Waals surface area (Å²) in [4.78, 5) is 12.0. The van der Waals surface area contributed by atoms with E-state index in [0.29, 0.717) is 17.9 Å². The molecule has 0 spiro atoms. The smallest absolute Gasteiger partial charge is 0.319 e. The van der Waals surface area contributed by atoms with Crippen molar-refractivity contribution in [3.63, 3.8) is 0 Å². The highest BCUT2D eigenvalue weighted by atomic mass is 32.2. The lowest BCUT2D eigenvalue weighted by Crippen LogP contribution is -2.30. The average Bonchev–Trinajstić information content (AvgIpc) is 2.91. The number of nitrogens with zero attached hydrogens (tertiary/aromatic N) is 2. The quantitative estimate of drug-likeness (QED) is 0.653. The van der Waals surface area contributed by atoms with E-state index in [0.717, 1.165) is 30.3 Å². The number of aryl methyl sites for hydroxylation is 3. The molecule has 0 aliphatic carbocycles. The van der Waals surface area contributed by atoms with Crippen molar-refractivity contribution in [1.82, 2.24) is 15.1 Å². The molecule has 9 heteroatoms. The third-order valence-electron chi connectivity index (χ3n) is 3.40. The molecule has 2 amide bonds. The molecule has 0 radical (unpaired) electrons. The molecule has 0 aliphatic heterocycles. The van der Waals surface area contributed by atoms with Crippen LogP contribution in [-0.2, 0) is 16.6 Å². The zero-order valence-electron chi connectivity index (χ0n) is 14.5. The number of anilines is 2. The first-order chi connectivity index (χ1) is 11.7. The Morgan fingerprint density at radius 3 is 2.68 bits per heavy atom. The third kappa shape index (κ3) is 6.46. The second-order valence-electron chi connectivity index (χ2n) is 5.92. The number of nitrogens with one attached hydrogen (secondary N) is 3. The number of aromatic nitrogens is 2. The van der Waals surface area contributed by atoms with Crippen LogP contribution >= 0.6 is 0 Å². The summed E-state index contributed by atoms with van der Waals surface area (Å²) in [6, 6.07) is 4.63. The minimum Gasteiger partial charge on any atom is -0.338 e. The average molecular weight is 365 g/mol. The topological polar surface area (TPSA) is 105 Å². The van der Waals surface area contributed by atoms with Gasteiger partial charge in [-0.1, -0.05) is 6.07 Å². The van der Waals surface area contributed by atoms with Crippen molar-refractivity contribution in [1.29, 1.82) is 0 Å². The first-order valence-corrected chi connectivity index (χ1v) is 9.74. The lowest BCUT2D eigenvalue weighted by molar-refractivity contribution is 0.251. The number of rotatable bonds is 7. The van der Waals surface area contributed by atoms with Crippen LogP contribution in [0.1, 0.15) is 17.5 Å². The molecule has 1 aromatic heterocycles. The van der Waals surface area contributed by atoms with Crippen LogP contribution in [0.25, 0.3) is 0 Å². The molecule has 0 aliphatic rings. The molecule has 25 heavy (non-hydrogen) atoms. The number of hydrogen-bond acceptors (Lipinski definition) is 4. The van der Waals surface area contributed by atoms with E-state index in [-0.39, 0.29) is 6.03 Å². The molecular weight excluding hydrogens is 342 g/mol. The van der Waals surface area contributed by atoms with Crippen LogP contribution in [0, 0.1) is 13.8 Å². The van der Waals surface area contributed by atoms with Crippen molar-refractivity contribution in [3.05, 3.63) is 41.7 Å². The highest BCUT2D eigenvalue weighted by Gasteiger charge is 2.08. The standard InChI is InChI=1S/C16H23N5O3S/c1-12-10-18-21(11-12)8-4-7-17-16(22)19-15-9-14(6-5-13(15)2)20-25(3,23)24/h5-6,9-11,20H,4,7-8H2,1-3H3,(H2,17,19,22). The van der Waals surface area contributed by atoms with Crippen LogP contribution in [0.5, 0.6) is 0 Å². The van der Waals surface area contributed by atoms with E-state index in [1.165, 1.54) is 0 Å². The number of sulfonamides is 1. The Morgan fingerprint density at radius 2 is 2.04 bits per heavy atom. The predicted molar refractivity (Wildman–Crippen MR) is 98.2 cm³/mol. The zero-order valence-corrected chi connectivity index (χ0v) is 15.4. The highest BCUT2D eigenvalue weighted by molar-refractivity contribution is 7.92. The van der Waals surface area contributed by atoms with E-state index >= 15 is 0 Å². The SMILES string of the molecule is Cc1cnn(CCCNC(=O)Nc2cc(NS(C)(=O)=O)ccc2C)c1. The maximum Gasteiger partial charge on any atom is 0.319 e. The van der Waals surface area contributed by atoms with E-state index in [2.05, 4.69) is 20.5 Å². The largest absolute Gasteiger partial charge is 0.338 e. The summed E-state index contributed by atoms with van der Waals surface area (Å²) in [5.74, 6) is 0. The molecular formula is C16H23N5O3S. The van der Waals surface area contributed by atoms with Gasteiger partial charge in [-0.25, -0.2) is 13.2 Å². The molecule has 8 nitrogen and oxygen atoms in total. The van der Waals surface area contributed by atoms with Crippen LogP contribution in [0.3, 0.4) is 0 Å². The molecule has 0 saturated carbocycles. The minimum atomic E-state index is -3.36. The fraction of sp³-hybridized carbons (Fsp3) is 0.375. The van der Waals surface area contributed by atoms with Gasteiger partial charge < -0.3 is 10.6 Å². The third-order valence-corrected chi connectivity index (χ3v) is 4.01. The van der Waals surface area contributed by atoms with Gasteiger partial charge in [0.05, 0.1) is 18.1 Å². The van der Waals surface area contributed by atoms with Crippen LogP contribution in [-0.4, -0.2) is 37.0 Å². The van der Waals surface area contributed by atoms with Crippen molar-refractivity contribution in [2.24, 2.45) is 0 Å². The van der Waals surface area contributed by atoms with Crippen molar-refractivity contribution in [2.75, 3.05) is 22.8 Å². The normalized spacial score (nSPS) is 11.2. The number of urea groups is 1. The molecule has 0 bridgehead atoms. The Balaban J connectivity index is 1.84. The molecule has 136 valence electrons. The summed E-state index contributed by atoms with van der Waals surface area (Å²) in [5, 5.41) is 9.69. The van der Waals surface area contributed by atoms with E-state index in [9.17, 15) is 13.2 Å². The number of benzene rings is 1. The number of carbonyl (C=O) groups is 1. The lowest BCUT2D eigenvalue weighted by atomic mass is 10.2. The van der Waals surface area contributed by atoms with Crippen LogP contribution in [0.15, 0.2) is 30.6 Å². The molecule has 1 aromatic carbocycles. The fourth-order valence-electron chi connectivity index (χ4n) is 2.23. The van der Waals surface area contributed by atoms with E-state index in [1.54, 1.807) is 24.4 Å². The second-order valence-corrected chi connectivity index (χ2v) is 7.67. The number of amides is 2. The lowest BCUT2D eigenvalue weighted by Gasteiger charge is -2.12. The molecule has 0 saturated heterocycles. The summed E-state index contributed by atoms with van der Waals surface area (Å²) in [7, 11) is -3.36. The predicted octanol–water partition coefficient (Wildman–Crippen LogP) is 2.08. The number of hydrogen-bond donors (Lipinski definition) is 3. The molecule has 0 unspecified atom stereocenters. The van der Waals surface area contributed by atoms with E-state index < -0.39 is 10.0 Å². The van der Waals surface area contributed by atoms with Crippen LogP contribution in [0.2, 0.25) is 0 Å². The van der Waals surface area contributed by atoms with Crippen LogP contribution < -0.4 is 15.4 Å². The maximum atomic E-state index is 12.0. The summed E-state index contributed by atoms with van der Waals surface area (Å²) < 4.78 is 26.8. The van der Waals surface area contributed by atoms with Gasteiger partial charge in [0, 0.05) is 25.0 Å². The van der Waals surface area contributed by atoms with Gasteiger partial charge in [-0.05, 0) is 43.5 Å². The van der Waals surface area contributed by atoms with Crippen molar-refractivity contribution in [2.45, 2.75) is 26.8 Å². The molecule has 0 fully saturated rings. The van der Waals surface area contributed by atoms with E-state index in [4.69, 9.17) is 0 Å². The Kier molecular flexibility index (Phi) is 6.02. The molecule has 2 rings (SSSR count). The van der Waals surface area contributed by atoms with E-state index in [1.807, 2.05) is 24.7 Å². The van der Waals surface area contributed by atoms with Gasteiger partial charge in [-0.3, -0.25) is 9.40 Å². The van der Waals surface area contributed by atoms with Gasteiger partial charge in [0.25, 0.3) is 0 Å². The molecule has 0 atom stereocenters. The van der Waals surface area contributed by atoms with Crippen molar-refractivity contribution >= 4 is 27.4 Å². The van der Waals surface area contributed by atoms with Crippen molar-refractivity contribution < 1.29 is 13.2 Å². The highest BCUT2D eigenvalue weighted by Crippen LogP contribution is 2.20. The van der Waals surface area contributed by atoms with Gasteiger partial charge in [-0.15, -0.1) is 0 Å². The fourth-order valence-corrected chi connectivity index (χ4v) is 2.79. The summed E-state index contributed by atoms with van der Waals surface area (Å²) in [6.45, 7) is 5.04. The van der Waals surface area contributed by atoms with Gasteiger partial charge >= 0.3 is 6.03 Å². The minimum absolute atomic E-state index is 0.337. The Bertz CT molecular complexity index is 845. The second kappa shape index (κ2) is 8.02. The molecule has 1 heterocycles. The summed E-state index contributed by atoms with van der Waals surface area (Å²) >= 11 is 0. The van der Waals surface area contributed by atoms with Gasteiger partial charge in [0.2, 0.25) is 10.0 Å². The Morgan fingerprint density at radius 1 is 1.28 bits per heavy atom. The van der Waals surface area contributed by atoms with Gasteiger partial charge in [0.1, 0.15) is 0 Å². The molecule has 2 aromatic rings. The van der Waals surface area contributed by atoms with Gasteiger partial charge in [-0.2, -0.15) is 5.10 Å². The van der Waals surface area contributed by atoms with Crippen molar-refractivity contribution in [3.8, 4) is 0 Å². The summed E-state index contributed by atoms with van der Waals surface area (Å²) in [5.41, 5.74) is 2.89.